The summed E-state index contributed by atoms with van der Waals surface area (Å²) < 4.78 is 5.16. The lowest BCUT2D eigenvalue weighted by Crippen LogP contribution is -2.34. The van der Waals surface area contributed by atoms with Gasteiger partial charge in [0.15, 0.2) is 0 Å². The van der Waals surface area contributed by atoms with Crippen molar-refractivity contribution in [2.75, 3.05) is 17.3 Å². The topological polar surface area (TPSA) is 75.7 Å². The van der Waals surface area contributed by atoms with Crippen LogP contribution < -0.4 is 15.0 Å². The first-order chi connectivity index (χ1) is 14.4. The molecular weight excluding hydrogens is 516 g/mol. The third kappa shape index (κ3) is 3.90. The highest BCUT2D eigenvalue weighted by molar-refractivity contribution is 9.12. The molecule has 2 aliphatic rings. The van der Waals surface area contributed by atoms with Crippen molar-refractivity contribution in [1.29, 1.82) is 0 Å². The van der Waals surface area contributed by atoms with Crippen molar-refractivity contribution in [2.24, 2.45) is 11.8 Å². The van der Waals surface area contributed by atoms with Crippen LogP contribution in [0, 0.1) is 11.8 Å². The van der Waals surface area contributed by atoms with Crippen molar-refractivity contribution >= 4 is 61.0 Å². The summed E-state index contributed by atoms with van der Waals surface area (Å²) in [6.45, 7) is 0. The molecule has 3 amide bonds. The first kappa shape index (κ1) is 21.1. The Hall–Kier alpha value is -2.19. The lowest BCUT2D eigenvalue weighted by Gasteiger charge is -2.29. The highest BCUT2D eigenvalue weighted by Crippen LogP contribution is 2.44. The summed E-state index contributed by atoms with van der Waals surface area (Å²) >= 11 is 7.19. The molecule has 1 aliphatic heterocycles. The highest BCUT2D eigenvalue weighted by atomic mass is 79.9. The number of nitrogens with zero attached hydrogens (tertiary/aromatic N) is 1. The summed E-state index contributed by atoms with van der Waals surface area (Å²) in [6, 6.07) is 13.6. The van der Waals surface area contributed by atoms with Crippen molar-refractivity contribution in [2.45, 2.75) is 22.5 Å². The van der Waals surface area contributed by atoms with E-state index in [0.29, 0.717) is 35.5 Å². The summed E-state index contributed by atoms with van der Waals surface area (Å²) in [5.41, 5.74) is 1.54. The number of rotatable bonds is 4. The van der Waals surface area contributed by atoms with Gasteiger partial charge in [0.05, 0.1) is 24.6 Å². The molecule has 2 fully saturated rings. The van der Waals surface area contributed by atoms with Crippen LogP contribution in [-0.2, 0) is 9.59 Å². The molecule has 156 valence electrons. The Balaban J connectivity index is 1.50. The second-order valence-electron chi connectivity index (χ2n) is 7.46. The summed E-state index contributed by atoms with van der Waals surface area (Å²) in [5, 5.41) is 2.81. The van der Waals surface area contributed by atoms with E-state index in [4.69, 9.17) is 4.74 Å². The number of nitrogens with one attached hydrogen (secondary N) is 1. The van der Waals surface area contributed by atoms with E-state index >= 15 is 0 Å². The van der Waals surface area contributed by atoms with Crippen molar-refractivity contribution in [3.8, 4) is 5.75 Å². The Morgan fingerprint density at radius 2 is 1.60 bits per heavy atom. The molecule has 0 spiro atoms. The van der Waals surface area contributed by atoms with Gasteiger partial charge in [-0.15, -0.1) is 0 Å². The molecule has 4 rings (SSSR count). The second-order valence-corrected chi connectivity index (χ2v) is 9.81. The molecule has 30 heavy (non-hydrogen) atoms. The number of carbonyl (C=O) groups excluding carboxylic acids is 3. The number of anilines is 2. The van der Waals surface area contributed by atoms with Gasteiger partial charge < -0.3 is 10.1 Å². The zero-order valence-corrected chi connectivity index (χ0v) is 19.4. The molecule has 1 saturated carbocycles. The number of methoxy groups -OCH3 is 1. The van der Waals surface area contributed by atoms with Gasteiger partial charge >= 0.3 is 0 Å². The van der Waals surface area contributed by atoms with E-state index < -0.39 is 0 Å². The molecule has 0 aromatic heterocycles. The molecule has 1 heterocycles. The Morgan fingerprint density at radius 1 is 1.00 bits per heavy atom. The van der Waals surface area contributed by atoms with Crippen LogP contribution in [0.5, 0.6) is 5.75 Å². The van der Waals surface area contributed by atoms with Crippen molar-refractivity contribution in [3.05, 3.63) is 54.1 Å². The molecule has 1 N–H and O–H groups in total. The number of benzene rings is 2. The number of ether oxygens (including phenoxy) is 1. The molecular formula is C22H20Br2N2O4. The van der Waals surface area contributed by atoms with Crippen LogP contribution >= 0.6 is 31.9 Å². The maximum Gasteiger partial charge on any atom is 0.255 e. The Morgan fingerprint density at radius 3 is 2.17 bits per heavy atom. The molecule has 0 radical (unpaired) electrons. The molecule has 2 aromatic carbocycles. The molecule has 4 atom stereocenters. The first-order valence-electron chi connectivity index (χ1n) is 9.60. The van der Waals surface area contributed by atoms with E-state index in [1.54, 1.807) is 55.6 Å². The Kier molecular flexibility index (Phi) is 5.97. The molecule has 1 saturated heterocycles. The quantitative estimate of drug-likeness (QED) is 0.466. The number of imide groups is 1. The maximum absolute atomic E-state index is 12.9. The number of alkyl halides is 2. The van der Waals surface area contributed by atoms with E-state index in [-0.39, 0.29) is 39.2 Å². The minimum atomic E-state index is -0.299. The standard InChI is InChI=1S/C22H20Br2N2O4/c1-30-15-4-2-3-13(9-15)25-20(27)12-5-7-14(8-6-12)26-21(28)16-10-18(23)19(24)11-17(16)22(26)29/h2-9,16-19H,10-11H2,1H3,(H,25,27)/t16-,17+,18+,19-. The number of halogens is 2. The Bertz CT molecular complexity index is 967. The molecule has 0 bridgehead atoms. The van der Waals surface area contributed by atoms with Gasteiger partial charge in [-0.05, 0) is 49.2 Å². The van der Waals surface area contributed by atoms with Crippen LogP contribution in [0.1, 0.15) is 23.2 Å². The summed E-state index contributed by atoms with van der Waals surface area (Å²) in [4.78, 5) is 39.9. The largest absolute Gasteiger partial charge is 0.497 e. The SMILES string of the molecule is COc1cccc(NC(=O)c2ccc(N3C(=O)[C@H]4C[C@@H](Br)[C@@H](Br)C[C@H]4C3=O)cc2)c1. The predicted molar refractivity (Wildman–Crippen MR) is 122 cm³/mol. The van der Waals surface area contributed by atoms with E-state index in [0.717, 1.165) is 0 Å². The van der Waals surface area contributed by atoms with E-state index in [9.17, 15) is 14.4 Å². The minimum absolute atomic E-state index is 0.164. The first-order valence-corrected chi connectivity index (χ1v) is 11.4. The third-order valence-electron chi connectivity index (χ3n) is 5.63. The number of hydrogen-bond donors (Lipinski definition) is 1. The number of hydrogen-bond acceptors (Lipinski definition) is 4. The summed E-state index contributed by atoms with van der Waals surface area (Å²) in [7, 11) is 1.56. The van der Waals surface area contributed by atoms with E-state index in [2.05, 4.69) is 37.2 Å². The smallest absolute Gasteiger partial charge is 0.255 e. The fourth-order valence-corrected chi connectivity index (χ4v) is 5.25. The zero-order chi connectivity index (χ0) is 21.4. The lowest BCUT2D eigenvalue weighted by molar-refractivity contribution is -0.122. The average molecular weight is 536 g/mol. The van der Waals surface area contributed by atoms with Gasteiger partial charge in [0.25, 0.3) is 5.91 Å². The summed E-state index contributed by atoms with van der Waals surface area (Å²) in [6.07, 6.45) is 1.26. The lowest BCUT2D eigenvalue weighted by atomic mass is 9.81. The molecule has 8 heteroatoms. The van der Waals surface area contributed by atoms with Crippen molar-refractivity contribution in [1.82, 2.24) is 0 Å². The van der Waals surface area contributed by atoms with Gasteiger partial charge in [0.1, 0.15) is 5.75 Å². The third-order valence-corrected chi connectivity index (χ3v) is 8.36. The summed E-state index contributed by atoms with van der Waals surface area (Å²) in [5.74, 6) is -0.567. The molecule has 6 nitrogen and oxygen atoms in total. The van der Waals surface area contributed by atoms with E-state index in [1.807, 2.05) is 0 Å². The van der Waals surface area contributed by atoms with Gasteiger partial charge in [-0.1, -0.05) is 37.9 Å². The molecule has 1 aliphatic carbocycles. The predicted octanol–water partition coefficient (Wildman–Crippen LogP) is 4.37. The number of amides is 3. The molecule has 0 unspecified atom stereocenters. The molecule has 2 aromatic rings. The van der Waals surface area contributed by atoms with Crippen LogP contribution in [0.2, 0.25) is 0 Å². The van der Waals surface area contributed by atoms with Crippen LogP contribution in [-0.4, -0.2) is 34.5 Å². The van der Waals surface area contributed by atoms with Crippen molar-refractivity contribution in [3.63, 3.8) is 0 Å². The fourth-order valence-electron chi connectivity index (χ4n) is 4.02. The number of fused-ring (bicyclic) bond motifs is 1. The average Bonchev–Trinajstić information content (AvgIpc) is 2.98. The zero-order valence-electron chi connectivity index (χ0n) is 16.2. The van der Waals surface area contributed by atoms with E-state index in [1.165, 1.54) is 4.90 Å². The van der Waals surface area contributed by atoms with Crippen molar-refractivity contribution < 1.29 is 19.1 Å². The normalized spacial score (nSPS) is 25.8. The van der Waals surface area contributed by atoms with Crippen LogP contribution in [0.4, 0.5) is 11.4 Å². The Labute approximate surface area is 191 Å². The number of carbonyl (C=O) groups is 3. The van der Waals surface area contributed by atoms with Gasteiger partial charge in [0, 0.05) is 27.0 Å². The fraction of sp³-hybridized carbons (Fsp3) is 0.318. The van der Waals surface area contributed by atoms with Gasteiger partial charge in [-0.3, -0.25) is 19.3 Å². The van der Waals surface area contributed by atoms with Gasteiger partial charge in [0.2, 0.25) is 11.8 Å². The van der Waals surface area contributed by atoms with Crippen LogP contribution in [0.25, 0.3) is 0 Å². The van der Waals surface area contributed by atoms with Crippen LogP contribution in [0.15, 0.2) is 48.5 Å². The second kappa shape index (κ2) is 8.51. The van der Waals surface area contributed by atoms with Crippen LogP contribution in [0.3, 0.4) is 0 Å². The van der Waals surface area contributed by atoms with Gasteiger partial charge in [-0.2, -0.15) is 0 Å². The van der Waals surface area contributed by atoms with Gasteiger partial charge in [-0.25, -0.2) is 0 Å². The highest BCUT2D eigenvalue weighted by Gasteiger charge is 2.52. The monoisotopic (exact) mass is 534 g/mol. The maximum atomic E-state index is 12.9. The minimum Gasteiger partial charge on any atom is -0.497 e.